The third-order valence-corrected chi connectivity index (χ3v) is 4.65. The highest BCUT2D eigenvalue weighted by Crippen LogP contribution is 2.24. The van der Waals surface area contributed by atoms with Crippen molar-refractivity contribution in [3.63, 3.8) is 0 Å². The Morgan fingerprint density at radius 2 is 1.52 bits per heavy atom. The number of aryl methyl sites for hydroxylation is 1. The summed E-state index contributed by atoms with van der Waals surface area (Å²) in [5.41, 5.74) is 5.00. The van der Waals surface area contributed by atoms with E-state index in [0.717, 1.165) is 16.7 Å². The molecule has 29 heavy (non-hydrogen) atoms. The van der Waals surface area contributed by atoms with E-state index in [1.807, 2.05) is 49.4 Å². The zero-order valence-electron chi connectivity index (χ0n) is 16.8. The number of benzene rings is 3. The predicted molar refractivity (Wildman–Crippen MR) is 113 cm³/mol. The van der Waals surface area contributed by atoms with Crippen molar-refractivity contribution < 1.29 is 14.3 Å². The Morgan fingerprint density at radius 1 is 0.931 bits per heavy atom. The smallest absolute Gasteiger partial charge is 0.349 e. The largest absolute Gasteiger partial charge is 0.482 e. The van der Waals surface area contributed by atoms with E-state index in [0.29, 0.717) is 23.0 Å². The third-order valence-electron chi connectivity index (χ3n) is 4.65. The molecule has 0 bridgehead atoms. The van der Waals surface area contributed by atoms with Crippen LogP contribution < -0.4 is 9.47 Å². The first-order valence-corrected chi connectivity index (χ1v) is 9.51. The van der Waals surface area contributed by atoms with Gasteiger partial charge in [-0.15, -0.1) is 0 Å². The van der Waals surface area contributed by atoms with Gasteiger partial charge >= 0.3 is 5.97 Å². The molecule has 4 heteroatoms. The second-order valence-electron chi connectivity index (χ2n) is 7.15. The average Bonchev–Trinajstić information content (AvgIpc) is 2.73. The summed E-state index contributed by atoms with van der Waals surface area (Å²) < 4.78 is 10.9. The number of esters is 1. The lowest BCUT2D eigenvalue weighted by molar-refractivity contribution is -0.136. The van der Waals surface area contributed by atoms with E-state index in [9.17, 15) is 4.79 Å². The Balaban J connectivity index is 1.56. The normalized spacial score (nSPS) is 10.4. The van der Waals surface area contributed by atoms with Crippen LogP contribution in [0.15, 0.2) is 66.7 Å². The zero-order valence-corrected chi connectivity index (χ0v) is 16.8. The summed E-state index contributed by atoms with van der Waals surface area (Å²) in [4.78, 5) is 12.1. The lowest BCUT2D eigenvalue weighted by atomic mass is 9.98. The molecule has 0 amide bonds. The van der Waals surface area contributed by atoms with E-state index in [2.05, 4.69) is 19.9 Å². The molecule has 0 aliphatic carbocycles. The number of rotatable bonds is 6. The van der Waals surface area contributed by atoms with Gasteiger partial charge in [0.1, 0.15) is 11.5 Å². The SMILES string of the molecule is Cc1cc(OCC(=O)Oc2ccc(-c3ccc(C#N)cc3)cc2)ccc1C(C)C. The quantitative estimate of drug-likeness (QED) is 0.407. The monoisotopic (exact) mass is 385 g/mol. The Kier molecular flexibility index (Phi) is 6.31. The van der Waals surface area contributed by atoms with Gasteiger partial charge in [0.15, 0.2) is 6.61 Å². The number of carbonyl (C=O) groups is 1. The van der Waals surface area contributed by atoms with Gasteiger partial charge in [-0.1, -0.05) is 44.2 Å². The zero-order chi connectivity index (χ0) is 20.8. The van der Waals surface area contributed by atoms with Crippen LogP contribution in [0.1, 0.15) is 36.5 Å². The Hall–Kier alpha value is -3.58. The lowest BCUT2D eigenvalue weighted by Crippen LogP contribution is -2.17. The first-order chi connectivity index (χ1) is 14.0. The van der Waals surface area contributed by atoms with Crippen LogP contribution in [0, 0.1) is 18.3 Å². The highest BCUT2D eigenvalue weighted by atomic mass is 16.6. The molecule has 146 valence electrons. The van der Waals surface area contributed by atoms with Gasteiger partial charge in [0.05, 0.1) is 11.6 Å². The summed E-state index contributed by atoms with van der Waals surface area (Å²) >= 11 is 0. The van der Waals surface area contributed by atoms with Crippen LogP contribution >= 0.6 is 0 Å². The minimum atomic E-state index is -0.457. The third kappa shape index (κ3) is 5.24. The Morgan fingerprint density at radius 3 is 2.07 bits per heavy atom. The standard InChI is InChI=1S/C25H23NO3/c1-17(2)24-13-12-23(14-18(24)3)28-16-25(27)29-22-10-8-21(9-11-22)20-6-4-19(15-26)5-7-20/h4-14,17H,16H2,1-3H3. The summed E-state index contributed by atoms with van der Waals surface area (Å²) in [7, 11) is 0. The maximum atomic E-state index is 12.1. The summed E-state index contributed by atoms with van der Waals surface area (Å²) in [6.07, 6.45) is 0. The number of nitriles is 1. The Labute approximate surface area is 171 Å². The van der Waals surface area contributed by atoms with Gasteiger partial charge in [0.25, 0.3) is 0 Å². The fourth-order valence-electron chi connectivity index (χ4n) is 3.14. The topological polar surface area (TPSA) is 59.3 Å². The fourth-order valence-corrected chi connectivity index (χ4v) is 3.14. The molecule has 3 aromatic rings. The molecule has 4 nitrogen and oxygen atoms in total. The van der Waals surface area contributed by atoms with Crippen LogP contribution in [-0.4, -0.2) is 12.6 Å². The fraction of sp³-hybridized carbons (Fsp3) is 0.200. The van der Waals surface area contributed by atoms with Crippen molar-refractivity contribution in [1.29, 1.82) is 5.26 Å². The first-order valence-electron chi connectivity index (χ1n) is 9.51. The number of hydrogen-bond donors (Lipinski definition) is 0. The van der Waals surface area contributed by atoms with Crippen molar-refractivity contribution in [1.82, 2.24) is 0 Å². The second kappa shape index (κ2) is 9.07. The van der Waals surface area contributed by atoms with E-state index in [1.54, 1.807) is 24.3 Å². The molecular weight excluding hydrogens is 362 g/mol. The molecule has 0 radical (unpaired) electrons. The molecule has 0 aliphatic heterocycles. The lowest BCUT2D eigenvalue weighted by Gasteiger charge is -2.12. The van der Waals surface area contributed by atoms with Gasteiger partial charge in [0, 0.05) is 0 Å². The minimum Gasteiger partial charge on any atom is -0.482 e. The molecule has 3 rings (SSSR count). The molecule has 0 spiro atoms. The summed E-state index contributed by atoms with van der Waals surface area (Å²) in [6, 6.07) is 22.5. The van der Waals surface area contributed by atoms with Crippen molar-refractivity contribution in [2.45, 2.75) is 26.7 Å². The Bertz CT molecular complexity index is 1030. The summed E-state index contributed by atoms with van der Waals surface area (Å²) in [5, 5.41) is 8.87. The molecule has 0 aliphatic rings. The van der Waals surface area contributed by atoms with Crippen molar-refractivity contribution in [3.8, 4) is 28.7 Å². The van der Waals surface area contributed by atoms with E-state index >= 15 is 0 Å². The highest BCUT2D eigenvalue weighted by Gasteiger charge is 2.09. The number of nitrogens with zero attached hydrogens (tertiary/aromatic N) is 1. The van der Waals surface area contributed by atoms with E-state index in [1.165, 1.54) is 5.56 Å². The predicted octanol–water partition coefficient (Wildman–Crippen LogP) is 5.64. The van der Waals surface area contributed by atoms with Gasteiger partial charge < -0.3 is 9.47 Å². The molecule has 0 saturated carbocycles. The maximum absolute atomic E-state index is 12.1. The molecule has 0 atom stereocenters. The van der Waals surface area contributed by atoms with Crippen LogP contribution in [0.3, 0.4) is 0 Å². The number of hydrogen-bond acceptors (Lipinski definition) is 4. The molecule has 3 aromatic carbocycles. The molecule has 0 saturated heterocycles. The van der Waals surface area contributed by atoms with Crippen LogP contribution in [-0.2, 0) is 4.79 Å². The molecule has 0 aromatic heterocycles. The molecule has 0 N–H and O–H groups in total. The van der Waals surface area contributed by atoms with E-state index in [4.69, 9.17) is 14.7 Å². The molecule has 0 heterocycles. The van der Waals surface area contributed by atoms with Crippen LogP contribution in [0.4, 0.5) is 0 Å². The molecule has 0 unspecified atom stereocenters. The first kappa shape index (κ1) is 20.2. The van der Waals surface area contributed by atoms with Crippen LogP contribution in [0.2, 0.25) is 0 Å². The van der Waals surface area contributed by atoms with Gasteiger partial charge in [-0.05, 0) is 71.5 Å². The molecular formula is C25H23NO3. The van der Waals surface area contributed by atoms with Crippen molar-refractivity contribution in [2.24, 2.45) is 0 Å². The highest BCUT2D eigenvalue weighted by molar-refractivity contribution is 5.74. The van der Waals surface area contributed by atoms with Crippen LogP contribution in [0.5, 0.6) is 11.5 Å². The van der Waals surface area contributed by atoms with Gasteiger partial charge in [-0.25, -0.2) is 4.79 Å². The van der Waals surface area contributed by atoms with Gasteiger partial charge in [0.2, 0.25) is 0 Å². The summed E-state index contributed by atoms with van der Waals surface area (Å²) in [6.45, 7) is 6.17. The number of carbonyl (C=O) groups excluding carboxylic acids is 1. The van der Waals surface area contributed by atoms with Crippen molar-refractivity contribution in [2.75, 3.05) is 6.61 Å². The van der Waals surface area contributed by atoms with E-state index < -0.39 is 5.97 Å². The maximum Gasteiger partial charge on any atom is 0.349 e. The second-order valence-corrected chi connectivity index (χ2v) is 7.15. The average molecular weight is 385 g/mol. The van der Waals surface area contributed by atoms with Crippen molar-refractivity contribution >= 4 is 5.97 Å². The van der Waals surface area contributed by atoms with E-state index in [-0.39, 0.29) is 6.61 Å². The van der Waals surface area contributed by atoms with Crippen molar-refractivity contribution in [3.05, 3.63) is 83.4 Å². The molecule has 0 fully saturated rings. The number of ether oxygens (including phenoxy) is 2. The van der Waals surface area contributed by atoms with Gasteiger partial charge in [-0.3, -0.25) is 0 Å². The summed E-state index contributed by atoms with van der Waals surface area (Å²) in [5.74, 6) is 1.10. The minimum absolute atomic E-state index is 0.155. The van der Waals surface area contributed by atoms with Crippen LogP contribution in [0.25, 0.3) is 11.1 Å². The van der Waals surface area contributed by atoms with Gasteiger partial charge in [-0.2, -0.15) is 5.26 Å².